The highest BCUT2D eigenvalue weighted by Gasteiger charge is 2.15. The summed E-state index contributed by atoms with van der Waals surface area (Å²) in [5.41, 5.74) is 0.836. The molecule has 0 atom stereocenters. The summed E-state index contributed by atoms with van der Waals surface area (Å²) in [6.45, 7) is 4.73. The van der Waals surface area contributed by atoms with Crippen molar-refractivity contribution in [2.45, 2.75) is 25.9 Å². The molecule has 0 aliphatic rings. The summed E-state index contributed by atoms with van der Waals surface area (Å²) in [5, 5.41) is 12.4. The van der Waals surface area contributed by atoms with Crippen LogP contribution in [-0.2, 0) is 6.54 Å². The van der Waals surface area contributed by atoms with Gasteiger partial charge in [0.05, 0.1) is 13.7 Å². The maximum Gasteiger partial charge on any atom is 0.123 e. The second-order valence-corrected chi connectivity index (χ2v) is 4.21. The van der Waals surface area contributed by atoms with Gasteiger partial charge in [-0.15, -0.1) is 12.4 Å². The number of hydrogen-bond acceptors (Lipinski definition) is 3. The molecule has 0 spiro atoms. The van der Waals surface area contributed by atoms with Gasteiger partial charge < -0.3 is 15.2 Å². The second kappa shape index (κ2) is 6.74. The minimum atomic E-state index is -0.263. The molecule has 3 nitrogen and oxygen atoms in total. The minimum absolute atomic E-state index is 0. The molecule has 0 radical (unpaired) electrons. The number of halogens is 1. The number of rotatable bonds is 5. The smallest absolute Gasteiger partial charge is 0.123 e. The molecule has 1 aromatic carbocycles. The Morgan fingerprint density at radius 2 is 1.94 bits per heavy atom. The lowest BCUT2D eigenvalue weighted by Crippen LogP contribution is -2.42. The molecule has 1 rings (SSSR count). The lowest BCUT2D eigenvalue weighted by atomic mass is 10.1. The number of aliphatic hydroxyl groups is 1. The van der Waals surface area contributed by atoms with Gasteiger partial charge in [0, 0.05) is 17.6 Å². The Hall–Kier alpha value is -0.770. The van der Waals surface area contributed by atoms with Crippen molar-refractivity contribution in [2.24, 2.45) is 0 Å². The lowest BCUT2D eigenvalue weighted by molar-refractivity contribution is 0.187. The molecule has 0 saturated heterocycles. The summed E-state index contributed by atoms with van der Waals surface area (Å²) in [7, 11) is 1.66. The maximum atomic E-state index is 9.10. The largest absolute Gasteiger partial charge is 0.496 e. The Morgan fingerprint density at radius 1 is 1.31 bits per heavy atom. The standard InChI is InChI=1S/C12H19NO2.ClH/c1-12(2,9-14)13-8-10-6-4-5-7-11(10)15-3;/h4-7,13-14H,8-9H2,1-3H3;1H. The van der Waals surface area contributed by atoms with Gasteiger partial charge in [-0.25, -0.2) is 0 Å². The summed E-state index contributed by atoms with van der Waals surface area (Å²) < 4.78 is 5.24. The maximum absolute atomic E-state index is 9.10. The summed E-state index contributed by atoms with van der Waals surface area (Å²) >= 11 is 0. The van der Waals surface area contributed by atoms with Gasteiger partial charge in [-0.2, -0.15) is 0 Å². The number of ether oxygens (including phenoxy) is 1. The fourth-order valence-corrected chi connectivity index (χ4v) is 1.24. The average molecular weight is 246 g/mol. The van der Waals surface area contributed by atoms with E-state index in [1.807, 2.05) is 38.1 Å². The Labute approximate surface area is 103 Å². The van der Waals surface area contributed by atoms with E-state index in [1.165, 1.54) is 0 Å². The molecule has 1 aromatic rings. The quantitative estimate of drug-likeness (QED) is 0.834. The molecule has 0 heterocycles. The Balaban J connectivity index is 0.00000225. The molecule has 2 N–H and O–H groups in total. The van der Waals surface area contributed by atoms with Crippen LogP contribution < -0.4 is 10.1 Å². The molecular weight excluding hydrogens is 226 g/mol. The van der Waals surface area contributed by atoms with Crippen molar-refractivity contribution in [3.63, 3.8) is 0 Å². The van der Waals surface area contributed by atoms with E-state index < -0.39 is 0 Å². The molecule has 0 saturated carbocycles. The molecule has 92 valence electrons. The van der Waals surface area contributed by atoms with Crippen molar-refractivity contribution >= 4 is 12.4 Å². The molecule has 0 aromatic heterocycles. The number of para-hydroxylation sites is 1. The van der Waals surface area contributed by atoms with Crippen LogP contribution in [0.15, 0.2) is 24.3 Å². The predicted octanol–water partition coefficient (Wildman–Crippen LogP) is 1.98. The highest BCUT2D eigenvalue weighted by atomic mass is 35.5. The fraction of sp³-hybridized carbons (Fsp3) is 0.500. The van der Waals surface area contributed by atoms with E-state index in [0.29, 0.717) is 6.54 Å². The van der Waals surface area contributed by atoms with Gasteiger partial charge in [0.2, 0.25) is 0 Å². The van der Waals surface area contributed by atoms with E-state index in [-0.39, 0.29) is 24.6 Å². The predicted molar refractivity (Wildman–Crippen MR) is 68.2 cm³/mol. The first-order chi connectivity index (χ1) is 7.09. The summed E-state index contributed by atoms with van der Waals surface area (Å²) in [4.78, 5) is 0. The zero-order valence-corrected chi connectivity index (χ0v) is 10.8. The van der Waals surface area contributed by atoms with Gasteiger partial charge in [0.25, 0.3) is 0 Å². The van der Waals surface area contributed by atoms with Crippen molar-refractivity contribution in [1.29, 1.82) is 0 Å². The van der Waals surface area contributed by atoms with Crippen LogP contribution >= 0.6 is 12.4 Å². The monoisotopic (exact) mass is 245 g/mol. The van der Waals surface area contributed by atoms with Crippen molar-refractivity contribution in [3.05, 3.63) is 29.8 Å². The molecule has 0 aliphatic carbocycles. The van der Waals surface area contributed by atoms with Gasteiger partial charge in [-0.05, 0) is 19.9 Å². The van der Waals surface area contributed by atoms with Gasteiger partial charge in [0.15, 0.2) is 0 Å². The number of benzene rings is 1. The SMILES string of the molecule is COc1ccccc1CNC(C)(C)CO.Cl. The first-order valence-electron chi connectivity index (χ1n) is 5.07. The normalized spacial score (nSPS) is 10.8. The Kier molecular flexibility index (Phi) is 6.41. The van der Waals surface area contributed by atoms with Crippen LogP contribution in [0.4, 0.5) is 0 Å². The summed E-state index contributed by atoms with van der Waals surface area (Å²) in [5.74, 6) is 0.874. The van der Waals surface area contributed by atoms with Gasteiger partial charge >= 0.3 is 0 Å². The first-order valence-corrected chi connectivity index (χ1v) is 5.07. The van der Waals surface area contributed by atoms with E-state index in [0.717, 1.165) is 11.3 Å². The molecule has 0 aliphatic heterocycles. The highest BCUT2D eigenvalue weighted by Crippen LogP contribution is 2.17. The van der Waals surface area contributed by atoms with Crippen molar-refractivity contribution < 1.29 is 9.84 Å². The number of methoxy groups -OCH3 is 1. The molecule has 0 amide bonds. The third kappa shape index (κ3) is 4.39. The minimum Gasteiger partial charge on any atom is -0.496 e. The number of hydrogen-bond donors (Lipinski definition) is 2. The molecular formula is C12H20ClNO2. The van der Waals surface area contributed by atoms with Crippen LogP contribution in [0.25, 0.3) is 0 Å². The van der Waals surface area contributed by atoms with Crippen LogP contribution in [0.1, 0.15) is 19.4 Å². The van der Waals surface area contributed by atoms with Crippen LogP contribution in [-0.4, -0.2) is 24.4 Å². The Morgan fingerprint density at radius 3 is 2.50 bits per heavy atom. The van der Waals surface area contributed by atoms with E-state index in [9.17, 15) is 0 Å². The van der Waals surface area contributed by atoms with E-state index in [4.69, 9.17) is 9.84 Å². The molecule has 0 fully saturated rings. The van der Waals surface area contributed by atoms with Crippen molar-refractivity contribution in [2.75, 3.05) is 13.7 Å². The molecule has 4 heteroatoms. The number of nitrogens with one attached hydrogen (secondary N) is 1. The van der Waals surface area contributed by atoms with Crippen LogP contribution in [0.2, 0.25) is 0 Å². The van der Waals surface area contributed by atoms with Crippen LogP contribution in [0.5, 0.6) is 5.75 Å². The van der Waals surface area contributed by atoms with Crippen molar-refractivity contribution in [3.8, 4) is 5.75 Å². The van der Waals surface area contributed by atoms with Gasteiger partial charge in [-0.1, -0.05) is 18.2 Å². The van der Waals surface area contributed by atoms with E-state index >= 15 is 0 Å². The average Bonchev–Trinajstić information content (AvgIpc) is 2.27. The lowest BCUT2D eigenvalue weighted by Gasteiger charge is -2.24. The molecule has 16 heavy (non-hydrogen) atoms. The fourth-order valence-electron chi connectivity index (χ4n) is 1.24. The van der Waals surface area contributed by atoms with E-state index in [1.54, 1.807) is 7.11 Å². The second-order valence-electron chi connectivity index (χ2n) is 4.21. The summed E-state index contributed by atoms with van der Waals surface area (Å²) in [6.07, 6.45) is 0. The number of aliphatic hydroxyl groups excluding tert-OH is 1. The summed E-state index contributed by atoms with van der Waals surface area (Å²) in [6, 6.07) is 7.87. The zero-order valence-electron chi connectivity index (χ0n) is 9.99. The highest BCUT2D eigenvalue weighted by molar-refractivity contribution is 5.85. The molecule has 0 unspecified atom stereocenters. The topological polar surface area (TPSA) is 41.5 Å². The van der Waals surface area contributed by atoms with Crippen LogP contribution in [0, 0.1) is 0 Å². The Bertz CT molecular complexity index is 316. The third-order valence-electron chi connectivity index (χ3n) is 2.35. The van der Waals surface area contributed by atoms with E-state index in [2.05, 4.69) is 5.32 Å². The van der Waals surface area contributed by atoms with Gasteiger partial charge in [-0.3, -0.25) is 0 Å². The third-order valence-corrected chi connectivity index (χ3v) is 2.35. The zero-order chi connectivity index (χ0) is 11.3. The van der Waals surface area contributed by atoms with Crippen molar-refractivity contribution in [1.82, 2.24) is 5.32 Å². The van der Waals surface area contributed by atoms with Crippen LogP contribution in [0.3, 0.4) is 0 Å². The first kappa shape index (κ1) is 15.2. The van der Waals surface area contributed by atoms with Gasteiger partial charge in [0.1, 0.15) is 5.75 Å². The molecule has 0 bridgehead atoms.